The lowest BCUT2D eigenvalue weighted by Gasteiger charge is -2.29. The van der Waals surface area contributed by atoms with E-state index in [9.17, 15) is 8.42 Å². The van der Waals surface area contributed by atoms with Gasteiger partial charge in [0.2, 0.25) is 0 Å². The third-order valence-electron chi connectivity index (χ3n) is 4.55. The molecule has 0 amide bonds. The highest BCUT2D eigenvalue weighted by atomic mass is 32.2. The zero-order valence-electron chi connectivity index (χ0n) is 12.4. The number of nitrogens with two attached hydrogens (primary N) is 1. The van der Waals surface area contributed by atoms with Gasteiger partial charge in [0.1, 0.15) is 0 Å². The first-order chi connectivity index (χ1) is 10.6. The number of imidazole rings is 1. The molecule has 1 saturated carbocycles. The third kappa shape index (κ3) is 2.48. The SMILES string of the molecule is NCc1cn2cc(C3CC3)cc(N3CCS(=O)(=O)CC3)c2n1. The zero-order chi connectivity index (χ0) is 15.3. The van der Waals surface area contributed by atoms with E-state index in [0.29, 0.717) is 25.6 Å². The second-order valence-electron chi connectivity index (χ2n) is 6.24. The minimum absolute atomic E-state index is 0.220. The maximum absolute atomic E-state index is 11.7. The van der Waals surface area contributed by atoms with Gasteiger partial charge in [-0.15, -0.1) is 0 Å². The molecule has 0 bridgehead atoms. The lowest BCUT2D eigenvalue weighted by atomic mass is 10.1. The first-order valence-corrected chi connectivity index (χ1v) is 9.55. The number of pyridine rings is 1. The van der Waals surface area contributed by atoms with Crippen LogP contribution in [0.1, 0.15) is 30.0 Å². The lowest BCUT2D eigenvalue weighted by Crippen LogP contribution is -2.40. The van der Waals surface area contributed by atoms with E-state index < -0.39 is 9.84 Å². The van der Waals surface area contributed by atoms with Crippen molar-refractivity contribution in [2.24, 2.45) is 5.73 Å². The van der Waals surface area contributed by atoms with Crippen molar-refractivity contribution in [2.75, 3.05) is 29.5 Å². The molecule has 6 nitrogen and oxygen atoms in total. The van der Waals surface area contributed by atoms with Gasteiger partial charge in [-0.1, -0.05) is 0 Å². The van der Waals surface area contributed by atoms with Crippen molar-refractivity contribution >= 4 is 21.2 Å². The Hall–Kier alpha value is -1.60. The van der Waals surface area contributed by atoms with Crippen molar-refractivity contribution in [2.45, 2.75) is 25.3 Å². The summed E-state index contributed by atoms with van der Waals surface area (Å²) in [5, 5.41) is 0. The molecule has 7 heteroatoms. The Morgan fingerprint density at radius 3 is 2.59 bits per heavy atom. The van der Waals surface area contributed by atoms with Gasteiger partial charge in [0.15, 0.2) is 15.5 Å². The Bertz CT molecular complexity index is 809. The molecule has 118 valence electrons. The molecule has 0 unspecified atom stereocenters. The van der Waals surface area contributed by atoms with Crippen molar-refractivity contribution in [3.63, 3.8) is 0 Å². The number of hydrogen-bond donors (Lipinski definition) is 1. The highest BCUT2D eigenvalue weighted by Gasteiger charge is 2.28. The molecule has 1 aliphatic heterocycles. The van der Waals surface area contributed by atoms with Gasteiger partial charge in [-0.2, -0.15) is 0 Å². The summed E-state index contributed by atoms with van der Waals surface area (Å²) in [6.07, 6.45) is 6.59. The molecule has 3 heterocycles. The first-order valence-electron chi connectivity index (χ1n) is 7.73. The van der Waals surface area contributed by atoms with Gasteiger partial charge in [-0.05, 0) is 30.4 Å². The van der Waals surface area contributed by atoms with E-state index >= 15 is 0 Å². The van der Waals surface area contributed by atoms with Crippen LogP contribution < -0.4 is 10.6 Å². The monoisotopic (exact) mass is 320 g/mol. The number of fused-ring (bicyclic) bond motifs is 1. The Morgan fingerprint density at radius 1 is 1.23 bits per heavy atom. The Balaban J connectivity index is 1.79. The molecule has 2 N–H and O–H groups in total. The molecular weight excluding hydrogens is 300 g/mol. The van der Waals surface area contributed by atoms with E-state index in [1.165, 1.54) is 18.4 Å². The second kappa shape index (κ2) is 4.96. The fraction of sp³-hybridized carbons (Fsp3) is 0.533. The normalized spacial score (nSPS) is 21.4. The van der Waals surface area contributed by atoms with Crippen LogP contribution >= 0.6 is 0 Å². The van der Waals surface area contributed by atoms with Crippen molar-refractivity contribution in [3.8, 4) is 0 Å². The quantitative estimate of drug-likeness (QED) is 0.909. The van der Waals surface area contributed by atoms with Crippen LogP contribution in [0.25, 0.3) is 5.65 Å². The molecule has 2 aliphatic rings. The fourth-order valence-corrected chi connectivity index (χ4v) is 4.28. The molecule has 0 aromatic carbocycles. The number of hydrogen-bond acceptors (Lipinski definition) is 5. The summed E-state index contributed by atoms with van der Waals surface area (Å²) in [5.74, 6) is 1.08. The molecule has 22 heavy (non-hydrogen) atoms. The van der Waals surface area contributed by atoms with Crippen LogP contribution in [-0.2, 0) is 16.4 Å². The zero-order valence-corrected chi connectivity index (χ0v) is 13.2. The summed E-state index contributed by atoms with van der Waals surface area (Å²) in [5.41, 5.74) is 9.82. The molecule has 0 spiro atoms. The first kappa shape index (κ1) is 14.0. The van der Waals surface area contributed by atoms with Crippen molar-refractivity contribution in [1.82, 2.24) is 9.38 Å². The summed E-state index contributed by atoms with van der Waals surface area (Å²) in [6, 6.07) is 2.19. The minimum Gasteiger partial charge on any atom is -0.366 e. The van der Waals surface area contributed by atoms with Crippen LogP contribution in [0.15, 0.2) is 18.5 Å². The van der Waals surface area contributed by atoms with Crippen molar-refractivity contribution in [1.29, 1.82) is 0 Å². The smallest absolute Gasteiger partial charge is 0.160 e. The maximum atomic E-state index is 11.7. The summed E-state index contributed by atoms with van der Waals surface area (Å²) >= 11 is 0. The van der Waals surface area contributed by atoms with E-state index in [2.05, 4.69) is 22.1 Å². The number of sulfone groups is 1. The number of anilines is 1. The van der Waals surface area contributed by atoms with E-state index in [4.69, 9.17) is 5.73 Å². The van der Waals surface area contributed by atoms with Crippen LogP contribution in [0.2, 0.25) is 0 Å². The molecule has 1 aliphatic carbocycles. The number of nitrogens with zero attached hydrogens (tertiary/aromatic N) is 3. The van der Waals surface area contributed by atoms with Crippen LogP contribution in [0.5, 0.6) is 0 Å². The topological polar surface area (TPSA) is 80.7 Å². The van der Waals surface area contributed by atoms with E-state index in [1.54, 1.807) is 0 Å². The maximum Gasteiger partial charge on any atom is 0.160 e. The fourth-order valence-electron chi connectivity index (χ4n) is 3.08. The summed E-state index contributed by atoms with van der Waals surface area (Å²) in [4.78, 5) is 6.76. The second-order valence-corrected chi connectivity index (χ2v) is 8.54. The average Bonchev–Trinajstić information content (AvgIpc) is 3.26. The van der Waals surface area contributed by atoms with Crippen molar-refractivity contribution in [3.05, 3.63) is 29.7 Å². The Labute approximate surface area is 129 Å². The molecule has 2 aromatic rings. The van der Waals surface area contributed by atoms with Crippen LogP contribution in [0, 0.1) is 0 Å². The summed E-state index contributed by atoms with van der Waals surface area (Å²) in [6.45, 7) is 1.49. The predicted molar refractivity (Wildman–Crippen MR) is 85.9 cm³/mol. The Morgan fingerprint density at radius 2 is 1.95 bits per heavy atom. The molecular formula is C15H20N4O2S. The minimum atomic E-state index is -2.88. The molecule has 0 radical (unpaired) electrons. The van der Waals surface area contributed by atoms with Gasteiger partial charge in [0.25, 0.3) is 0 Å². The molecule has 4 rings (SSSR count). The van der Waals surface area contributed by atoms with E-state index in [0.717, 1.165) is 17.0 Å². The number of rotatable bonds is 3. The summed E-state index contributed by atoms with van der Waals surface area (Å²) in [7, 11) is -2.88. The molecule has 2 aromatic heterocycles. The van der Waals surface area contributed by atoms with Gasteiger partial charge in [-0.3, -0.25) is 0 Å². The molecule has 0 atom stereocenters. The van der Waals surface area contributed by atoms with Gasteiger partial charge in [0, 0.05) is 32.0 Å². The summed E-state index contributed by atoms with van der Waals surface area (Å²) < 4.78 is 25.4. The van der Waals surface area contributed by atoms with Crippen LogP contribution in [0.3, 0.4) is 0 Å². The van der Waals surface area contributed by atoms with E-state index in [1.807, 2.05) is 10.6 Å². The number of aromatic nitrogens is 2. The molecule has 2 fully saturated rings. The average molecular weight is 320 g/mol. The van der Waals surface area contributed by atoms with Gasteiger partial charge in [-0.25, -0.2) is 13.4 Å². The highest BCUT2D eigenvalue weighted by molar-refractivity contribution is 7.91. The van der Waals surface area contributed by atoms with Gasteiger partial charge >= 0.3 is 0 Å². The molecule has 1 saturated heterocycles. The van der Waals surface area contributed by atoms with Gasteiger partial charge in [0.05, 0.1) is 22.9 Å². The standard InChI is InChI=1S/C15H20N4O2S/c16-8-13-10-19-9-12(11-1-2-11)7-14(15(19)17-13)18-3-5-22(20,21)6-4-18/h7,9-11H,1-6,8,16H2. The third-order valence-corrected chi connectivity index (χ3v) is 6.15. The van der Waals surface area contributed by atoms with Gasteiger partial charge < -0.3 is 15.0 Å². The van der Waals surface area contributed by atoms with Crippen molar-refractivity contribution < 1.29 is 8.42 Å². The predicted octanol–water partition coefficient (Wildman–Crippen LogP) is 0.905. The van der Waals surface area contributed by atoms with E-state index in [-0.39, 0.29) is 11.5 Å². The Kier molecular flexibility index (Phi) is 3.16. The largest absolute Gasteiger partial charge is 0.366 e. The van der Waals surface area contributed by atoms with Crippen LogP contribution in [-0.4, -0.2) is 42.4 Å². The van der Waals surface area contributed by atoms with Crippen LogP contribution in [0.4, 0.5) is 5.69 Å². The highest BCUT2D eigenvalue weighted by Crippen LogP contribution is 2.41. The lowest BCUT2D eigenvalue weighted by molar-refractivity contribution is 0.587.